The van der Waals surface area contributed by atoms with Gasteiger partial charge in [0.25, 0.3) is 0 Å². The summed E-state index contributed by atoms with van der Waals surface area (Å²) in [6, 6.07) is 3.15. The molecule has 8 heteroatoms. The number of hydrogen-bond acceptors (Lipinski definition) is 6. The molecule has 0 spiro atoms. The van der Waals surface area contributed by atoms with E-state index in [9.17, 15) is 4.39 Å². The number of nitrogens with one attached hydrogen (secondary N) is 1. The van der Waals surface area contributed by atoms with E-state index in [0.29, 0.717) is 15.7 Å². The molecule has 0 aliphatic rings. The van der Waals surface area contributed by atoms with Crippen molar-refractivity contribution >= 4 is 33.5 Å². The average Bonchev–Trinajstić information content (AvgIpc) is 2.34. The number of nitrogens with zero attached hydrogens (tertiary/aromatic N) is 3. The summed E-state index contributed by atoms with van der Waals surface area (Å²) in [6.07, 6.45) is -0.0821. The summed E-state index contributed by atoms with van der Waals surface area (Å²) in [4.78, 5) is 12.0. The number of aryl methyl sites for hydroxylation is 1. The molecule has 0 saturated heterocycles. The molecule has 21 heavy (non-hydrogen) atoms. The first-order valence-corrected chi connectivity index (χ1v) is 7.05. The molecule has 0 atom stereocenters. The number of nitrogens with two attached hydrogens (primary N) is 1. The van der Waals surface area contributed by atoms with Gasteiger partial charge in [0.2, 0.25) is 11.9 Å². The van der Waals surface area contributed by atoms with E-state index in [0.717, 1.165) is 0 Å². The molecular formula is C13H15BrFN5O. The SMILES string of the molecule is Cc1cc(F)c(Br)cc1Nc1nc(N)nc(OC(C)C)n1. The monoisotopic (exact) mass is 355 g/mol. The smallest absolute Gasteiger partial charge is 0.323 e. The summed E-state index contributed by atoms with van der Waals surface area (Å²) in [5.74, 6) is -0.0567. The maximum absolute atomic E-state index is 13.4. The number of nitrogen functional groups attached to an aromatic ring is 1. The molecular weight excluding hydrogens is 341 g/mol. The van der Waals surface area contributed by atoms with Crippen LogP contribution in [0.15, 0.2) is 16.6 Å². The first-order chi connectivity index (χ1) is 9.85. The van der Waals surface area contributed by atoms with Crippen LogP contribution in [0.4, 0.5) is 22.0 Å². The lowest BCUT2D eigenvalue weighted by atomic mass is 10.2. The van der Waals surface area contributed by atoms with Crippen LogP contribution in [0.1, 0.15) is 19.4 Å². The summed E-state index contributed by atoms with van der Waals surface area (Å²) in [6.45, 7) is 5.48. The van der Waals surface area contributed by atoms with Gasteiger partial charge in [-0.1, -0.05) is 0 Å². The molecule has 112 valence electrons. The second-order valence-corrected chi connectivity index (χ2v) is 5.53. The molecule has 0 aliphatic heterocycles. The lowest BCUT2D eigenvalue weighted by molar-refractivity contribution is 0.222. The van der Waals surface area contributed by atoms with Crippen molar-refractivity contribution in [3.05, 3.63) is 28.0 Å². The second-order valence-electron chi connectivity index (χ2n) is 4.67. The van der Waals surface area contributed by atoms with Crippen LogP contribution in [-0.4, -0.2) is 21.1 Å². The summed E-state index contributed by atoms with van der Waals surface area (Å²) in [5.41, 5.74) is 7.00. The van der Waals surface area contributed by atoms with Crippen molar-refractivity contribution in [1.82, 2.24) is 15.0 Å². The minimum Gasteiger partial charge on any atom is -0.461 e. The number of ether oxygens (including phenoxy) is 1. The lowest BCUT2D eigenvalue weighted by Crippen LogP contribution is -2.12. The zero-order chi connectivity index (χ0) is 15.6. The maximum Gasteiger partial charge on any atom is 0.323 e. The Hall–Kier alpha value is -1.96. The lowest BCUT2D eigenvalue weighted by Gasteiger charge is -2.12. The zero-order valence-electron chi connectivity index (χ0n) is 11.8. The van der Waals surface area contributed by atoms with Gasteiger partial charge in [-0.2, -0.15) is 15.0 Å². The minimum absolute atomic E-state index is 0.0435. The predicted molar refractivity (Wildman–Crippen MR) is 82.1 cm³/mol. The Balaban J connectivity index is 2.31. The second kappa shape index (κ2) is 6.21. The molecule has 2 rings (SSSR count). The Morgan fingerprint density at radius 2 is 2.00 bits per heavy atom. The van der Waals surface area contributed by atoms with Crippen LogP contribution in [0.3, 0.4) is 0 Å². The van der Waals surface area contributed by atoms with Crippen LogP contribution in [0.2, 0.25) is 0 Å². The average molecular weight is 356 g/mol. The highest BCUT2D eigenvalue weighted by atomic mass is 79.9. The number of hydrogen-bond donors (Lipinski definition) is 2. The highest BCUT2D eigenvalue weighted by Crippen LogP contribution is 2.26. The van der Waals surface area contributed by atoms with E-state index < -0.39 is 0 Å². The Bertz CT molecular complexity index is 665. The van der Waals surface area contributed by atoms with E-state index in [1.807, 2.05) is 13.8 Å². The first-order valence-electron chi connectivity index (χ1n) is 6.26. The van der Waals surface area contributed by atoms with Gasteiger partial charge in [-0.3, -0.25) is 0 Å². The van der Waals surface area contributed by atoms with Gasteiger partial charge in [0.1, 0.15) is 5.82 Å². The van der Waals surface area contributed by atoms with Gasteiger partial charge in [-0.25, -0.2) is 4.39 Å². The summed E-state index contributed by atoms with van der Waals surface area (Å²) in [5, 5.41) is 2.98. The molecule has 2 aromatic rings. The number of rotatable bonds is 4. The Morgan fingerprint density at radius 1 is 1.29 bits per heavy atom. The van der Waals surface area contributed by atoms with E-state index in [4.69, 9.17) is 10.5 Å². The number of halogens is 2. The molecule has 1 heterocycles. The fourth-order valence-electron chi connectivity index (χ4n) is 1.59. The maximum atomic E-state index is 13.4. The molecule has 6 nitrogen and oxygen atoms in total. The van der Waals surface area contributed by atoms with Crippen molar-refractivity contribution < 1.29 is 9.13 Å². The highest BCUT2D eigenvalue weighted by molar-refractivity contribution is 9.10. The molecule has 0 bridgehead atoms. The number of anilines is 3. The number of benzene rings is 1. The normalized spacial score (nSPS) is 10.8. The van der Waals surface area contributed by atoms with Crippen LogP contribution >= 0.6 is 15.9 Å². The van der Waals surface area contributed by atoms with Crippen molar-refractivity contribution in [3.8, 4) is 6.01 Å². The molecule has 0 aliphatic carbocycles. The Morgan fingerprint density at radius 3 is 2.67 bits per heavy atom. The van der Waals surface area contributed by atoms with Crippen LogP contribution in [0.25, 0.3) is 0 Å². The highest BCUT2D eigenvalue weighted by Gasteiger charge is 2.10. The predicted octanol–water partition coefficient (Wildman–Crippen LogP) is 3.19. The van der Waals surface area contributed by atoms with Crippen molar-refractivity contribution in [1.29, 1.82) is 0 Å². The minimum atomic E-state index is -0.336. The van der Waals surface area contributed by atoms with E-state index >= 15 is 0 Å². The molecule has 0 fully saturated rings. The Kier molecular flexibility index (Phi) is 4.56. The standard InChI is InChI=1S/C13H15BrFN5O/c1-6(2)21-13-19-11(16)18-12(20-13)17-10-5-8(14)9(15)4-7(10)3/h4-6H,1-3H3,(H3,16,17,18,19,20). The van der Waals surface area contributed by atoms with Crippen molar-refractivity contribution in [3.63, 3.8) is 0 Å². The van der Waals surface area contributed by atoms with Gasteiger partial charge in [0.05, 0.1) is 10.6 Å². The van der Waals surface area contributed by atoms with Crippen molar-refractivity contribution in [2.75, 3.05) is 11.1 Å². The van der Waals surface area contributed by atoms with Crippen molar-refractivity contribution in [2.45, 2.75) is 26.9 Å². The molecule has 1 aromatic heterocycles. The van der Waals surface area contributed by atoms with E-state index in [-0.39, 0.29) is 29.8 Å². The number of aromatic nitrogens is 3. The van der Waals surface area contributed by atoms with Gasteiger partial charge in [-0.05, 0) is 54.4 Å². The van der Waals surface area contributed by atoms with Gasteiger partial charge in [0, 0.05) is 5.69 Å². The first kappa shape index (κ1) is 15.4. The molecule has 0 unspecified atom stereocenters. The largest absolute Gasteiger partial charge is 0.461 e. The summed E-state index contributed by atoms with van der Waals surface area (Å²) in [7, 11) is 0. The fraction of sp³-hybridized carbons (Fsp3) is 0.308. The third kappa shape index (κ3) is 4.01. The van der Waals surface area contributed by atoms with Gasteiger partial charge in [0.15, 0.2) is 0 Å². The third-order valence-electron chi connectivity index (χ3n) is 2.49. The summed E-state index contributed by atoms with van der Waals surface area (Å²) >= 11 is 3.14. The van der Waals surface area contributed by atoms with Crippen LogP contribution in [-0.2, 0) is 0 Å². The van der Waals surface area contributed by atoms with Crippen LogP contribution in [0, 0.1) is 12.7 Å². The van der Waals surface area contributed by atoms with Crippen LogP contribution in [0.5, 0.6) is 6.01 Å². The topological polar surface area (TPSA) is 86.0 Å². The molecule has 3 N–H and O–H groups in total. The third-order valence-corrected chi connectivity index (χ3v) is 3.09. The molecule has 0 radical (unpaired) electrons. The zero-order valence-corrected chi connectivity index (χ0v) is 13.4. The summed E-state index contributed by atoms with van der Waals surface area (Å²) < 4.78 is 19.2. The van der Waals surface area contributed by atoms with Gasteiger partial charge < -0.3 is 15.8 Å². The van der Waals surface area contributed by atoms with Crippen LogP contribution < -0.4 is 15.8 Å². The van der Waals surface area contributed by atoms with Gasteiger partial charge in [-0.15, -0.1) is 0 Å². The van der Waals surface area contributed by atoms with E-state index in [1.165, 1.54) is 6.07 Å². The molecule has 1 aromatic carbocycles. The van der Waals surface area contributed by atoms with E-state index in [1.54, 1.807) is 13.0 Å². The van der Waals surface area contributed by atoms with Crippen molar-refractivity contribution in [2.24, 2.45) is 0 Å². The molecule has 0 amide bonds. The van der Waals surface area contributed by atoms with E-state index in [2.05, 4.69) is 36.2 Å². The Labute approximate surface area is 130 Å². The van der Waals surface area contributed by atoms with Gasteiger partial charge >= 0.3 is 6.01 Å². The quantitative estimate of drug-likeness (QED) is 0.875. The fourth-order valence-corrected chi connectivity index (χ4v) is 1.94. The molecule has 0 saturated carbocycles.